The van der Waals surface area contributed by atoms with Gasteiger partial charge in [0.25, 0.3) is 0 Å². The molecule has 2 N–H and O–H groups in total. The SMILES string of the molecule is COc1cccc(-c2ccc3c(-c4cc5ccccc5[nH]4)n[nH]c3c2)c1. The maximum atomic E-state index is 5.33. The molecule has 0 aliphatic rings. The summed E-state index contributed by atoms with van der Waals surface area (Å²) in [6, 6.07) is 24.8. The van der Waals surface area contributed by atoms with Gasteiger partial charge in [-0.25, -0.2) is 0 Å². The van der Waals surface area contributed by atoms with Crippen LogP contribution in [0.1, 0.15) is 0 Å². The second-order valence-corrected chi connectivity index (χ2v) is 6.33. The van der Waals surface area contributed by atoms with E-state index in [1.165, 1.54) is 5.39 Å². The lowest BCUT2D eigenvalue weighted by molar-refractivity contribution is 0.415. The van der Waals surface area contributed by atoms with E-state index in [9.17, 15) is 0 Å². The second kappa shape index (κ2) is 5.77. The number of benzene rings is 3. The topological polar surface area (TPSA) is 53.7 Å². The number of methoxy groups -OCH3 is 1. The van der Waals surface area contributed by atoms with Crippen LogP contribution in [0.4, 0.5) is 0 Å². The van der Waals surface area contributed by atoms with E-state index < -0.39 is 0 Å². The highest BCUT2D eigenvalue weighted by atomic mass is 16.5. The van der Waals surface area contributed by atoms with E-state index in [2.05, 4.69) is 57.6 Å². The average molecular weight is 339 g/mol. The highest BCUT2D eigenvalue weighted by molar-refractivity contribution is 5.97. The van der Waals surface area contributed by atoms with Crippen LogP contribution in [0.2, 0.25) is 0 Å². The van der Waals surface area contributed by atoms with Crippen molar-refractivity contribution in [1.82, 2.24) is 15.2 Å². The molecule has 0 saturated heterocycles. The Labute approximate surface area is 150 Å². The predicted octanol–water partition coefficient (Wildman–Crippen LogP) is 5.39. The molecule has 0 aliphatic carbocycles. The Balaban J connectivity index is 1.61. The van der Waals surface area contributed by atoms with Crippen molar-refractivity contribution in [2.24, 2.45) is 0 Å². The van der Waals surface area contributed by atoms with Crippen LogP contribution < -0.4 is 4.74 Å². The molecule has 0 radical (unpaired) electrons. The van der Waals surface area contributed by atoms with E-state index in [-0.39, 0.29) is 0 Å². The summed E-state index contributed by atoms with van der Waals surface area (Å²) in [5, 5.41) is 10.0. The zero-order valence-corrected chi connectivity index (χ0v) is 14.3. The Morgan fingerprint density at radius 3 is 2.58 bits per heavy atom. The van der Waals surface area contributed by atoms with E-state index in [0.29, 0.717) is 0 Å². The minimum absolute atomic E-state index is 0.853. The van der Waals surface area contributed by atoms with Gasteiger partial charge in [-0.05, 0) is 47.5 Å². The van der Waals surface area contributed by atoms with E-state index in [1.807, 2.05) is 30.3 Å². The molecule has 5 aromatic rings. The zero-order valence-electron chi connectivity index (χ0n) is 14.3. The van der Waals surface area contributed by atoms with Gasteiger partial charge in [-0.2, -0.15) is 5.10 Å². The molecule has 0 aliphatic heterocycles. The number of rotatable bonds is 3. The first-order valence-electron chi connectivity index (χ1n) is 8.52. The van der Waals surface area contributed by atoms with Gasteiger partial charge >= 0.3 is 0 Å². The Morgan fingerprint density at radius 1 is 0.808 bits per heavy atom. The van der Waals surface area contributed by atoms with Gasteiger partial charge in [0, 0.05) is 16.3 Å². The number of para-hydroxylation sites is 1. The number of ether oxygens (including phenoxy) is 1. The lowest BCUT2D eigenvalue weighted by Gasteiger charge is -2.05. The van der Waals surface area contributed by atoms with E-state index in [4.69, 9.17) is 4.74 Å². The van der Waals surface area contributed by atoms with Crippen molar-refractivity contribution in [1.29, 1.82) is 0 Å². The summed E-state index contributed by atoms with van der Waals surface area (Å²) in [5.74, 6) is 0.853. The summed E-state index contributed by atoms with van der Waals surface area (Å²) >= 11 is 0. The van der Waals surface area contributed by atoms with Gasteiger partial charge in [0.1, 0.15) is 11.4 Å². The molecule has 4 heteroatoms. The van der Waals surface area contributed by atoms with Gasteiger partial charge < -0.3 is 9.72 Å². The second-order valence-electron chi connectivity index (χ2n) is 6.33. The molecule has 0 unspecified atom stereocenters. The van der Waals surface area contributed by atoms with Crippen LogP contribution in [0.5, 0.6) is 5.75 Å². The molecular weight excluding hydrogens is 322 g/mol. The van der Waals surface area contributed by atoms with Crippen molar-refractivity contribution >= 4 is 21.8 Å². The van der Waals surface area contributed by atoms with Gasteiger partial charge in [-0.3, -0.25) is 5.10 Å². The van der Waals surface area contributed by atoms with Crippen molar-refractivity contribution in [3.8, 4) is 28.3 Å². The molecule has 0 bridgehead atoms. The Hall–Kier alpha value is -3.53. The van der Waals surface area contributed by atoms with Crippen LogP contribution in [-0.4, -0.2) is 22.3 Å². The van der Waals surface area contributed by atoms with E-state index in [1.54, 1.807) is 7.11 Å². The molecule has 0 saturated carbocycles. The molecule has 0 fully saturated rings. The first-order chi connectivity index (χ1) is 12.8. The number of fused-ring (bicyclic) bond motifs is 2. The van der Waals surface area contributed by atoms with Crippen molar-refractivity contribution in [2.45, 2.75) is 0 Å². The van der Waals surface area contributed by atoms with Crippen LogP contribution in [0.25, 0.3) is 44.3 Å². The van der Waals surface area contributed by atoms with Crippen LogP contribution >= 0.6 is 0 Å². The fourth-order valence-corrected chi connectivity index (χ4v) is 3.41. The first kappa shape index (κ1) is 14.8. The quantitative estimate of drug-likeness (QED) is 0.463. The Morgan fingerprint density at radius 2 is 1.69 bits per heavy atom. The van der Waals surface area contributed by atoms with Crippen LogP contribution in [0, 0.1) is 0 Å². The summed E-state index contributed by atoms with van der Waals surface area (Å²) in [7, 11) is 1.68. The molecular formula is C22H17N3O. The molecule has 3 aromatic carbocycles. The molecule has 0 spiro atoms. The monoisotopic (exact) mass is 339 g/mol. The van der Waals surface area contributed by atoms with Gasteiger partial charge in [-0.15, -0.1) is 0 Å². The summed E-state index contributed by atoms with van der Waals surface area (Å²) in [6.45, 7) is 0. The van der Waals surface area contributed by atoms with Gasteiger partial charge in [0.15, 0.2) is 0 Å². The van der Waals surface area contributed by atoms with Gasteiger partial charge in [-0.1, -0.05) is 36.4 Å². The smallest absolute Gasteiger partial charge is 0.119 e. The fourth-order valence-electron chi connectivity index (χ4n) is 3.41. The Bertz CT molecular complexity index is 1200. The molecule has 2 aromatic heterocycles. The Kier molecular flexibility index (Phi) is 3.28. The lowest BCUT2D eigenvalue weighted by Crippen LogP contribution is -1.84. The summed E-state index contributed by atoms with van der Waals surface area (Å²) in [6.07, 6.45) is 0. The van der Waals surface area contributed by atoms with Crippen LogP contribution in [-0.2, 0) is 0 Å². The molecule has 126 valence electrons. The minimum atomic E-state index is 0.853. The fraction of sp³-hybridized carbons (Fsp3) is 0.0455. The number of hydrogen-bond donors (Lipinski definition) is 2. The van der Waals surface area contributed by atoms with Crippen molar-refractivity contribution < 1.29 is 4.74 Å². The largest absolute Gasteiger partial charge is 0.497 e. The highest BCUT2D eigenvalue weighted by Gasteiger charge is 2.12. The number of aromatic amines is 2. The van der Waals surface area contributed by atoms with Crippen LogP contribution in [0.15, 0.2) is 72.8 Å². The molecule has 0 atom stereocenters. The molecule has 5 rings (SSSR count). The molecule has 0 amide bonds. The van der Waals surface area contributed by atoms with Crippen molar-refractivity contribution in [3.05, 3.63) is 72.8 Å². The number of aromatic nitrogens is 3. The number of nitrogens with zero attached hydrogens (tertiary/aromatic N) is 1. The van der Waals surface area contributed by atoms with E-state index >= 15 is 0 Å². The maximum Gasteiger partial charge on any atom is 0.119 e. The lowest BCUT2D eigenvalue weighted by atomic mass is 10.0. The third kappa shape index (κ3) is 2.35. The number of nitrogens with one attached hydrogen (secondary N) is 2. The van der Waals surface area contributed by atoms with E-state index in [0.717, 1.165) is 44.7 Å². The average Bonchev–Trinajstić information content (AvgIpc) is 3.31. The number of H-pyrrole nitrogens is 2. The van der Waals surface area contributed by atoms with Crippen LogP contribution in [0.3, 0.4) is 0 Å². The van der Waals surface area contributed by atoms with Crippen molar-refractivity contribution in [3.63, 3.8) is 0 Å². The minimum Gasteiger partial charge on any atom is -0.497 e. The summed E-state index contributed by atoms with van der Waals surface area (Å²) in [5.41, 5.74) is 6.34. The maximum absolute atomic E-state index is 5.33. The standard InChI is InChI=1S/C22H17N3O/c1-26-17-7-4-6-14(11-17)15-9-10-18-20(12-15)24-25-22(18)21-13-16-5-2-3-8-19(16)23-21/h2-13,23H,1H3,(H,24,25). The van der Waals surface area contributed by atoms with Gasteiger partial charge in [0.05, 0.1) is 18.3 Å². The molecule has 2 heterocycles. The predicted molar refractivity (Wildman–Crippen MR) is 105 cm³/mol. The third-order valence-corrected chi connectivity index (χ3v) is 4.75. The van der Waals surface area contributed by atoms with Crippen molar-refractivity contribution in [2.75, 3.05) is 7.11 Å². The van der Waals surface area contributed by atoms with Gasteiger partial charge in [0.2, 0.25) is 0 Å². The zero-order chi connectivity index (χ0) is 17.5. The highest BCUT2D eigenvalue weighted by Crippen LogP contribution is 2.32. The first-order valence-corrected chi connectivity index (χ1v) is 8.52. The molecule has 26 heavy (non-hydrogen) atoms. The third-order valence-electron chi connectivity index (χ3n) is 4.75. The summed E-state index contributed by atoms with van der Waals surface area (Å²) < 4.78 is 5.33. The number of hydrogen-bond acceptors (Lipinski definition) is 2. The normalized spacial score (nSPS) is 11.3. The molecule has 4 nitrogen and oxygen atoms in total. The summed E-state index contributed by atoms with van der Waals surface area (Å²) in [4.78, 5) is 3.45.